The molecule has 0 aromatic carbocycles. The zero-order chi connectivity index (χ0) is 16.2. The lowest BCUT2D eigenvalue weighted by Crippen LogP contribution is -2.08. The van der Waals surface area contributed by atoms with Gasteiger partial charge in [0.25, 0.3) is 0 Å². The highest BCUT2D eigenvalue weighted by atomic mass is 16.5. The zero-order valence-corrected chi connectivity index (χ0v) is 13.5. The predicted octanol–water partition coefficient (Wildman–Crippen LogP) is 2.25. The van der Waals surface area contributed by atoms with Crippen LogP contribution in [0.4, 0.5) is 11.6 Å². The largest absolute Gasteiger partial charge is 0.477 e. The molecule has 0 aliphatic heterocycles. The monoisotopic (exact) mass is 316 g/mol. The van der Waals surface area contributed by atoms with Crippen LogP contribution >= 0.6 is 0 Å². The number of ether oxygens (including phenoxy) is 2. The summed E-state index contributed by atoms with van der Waals surface area (Å²) in [5.74, 6) is 1.03. The quantitative estimate of drug-likeness (QED) is 0.695. The van der Waals surface area contributed by atoms with E-state index in [0.717, 1.165) is 22.4 Å². The highest BCUT2D eigenvalue weighted by molar-refractivity contribution is 5.82. The topological polar surface area (TPSA) is 89.9 Å². The standard InChI is InChI=1S/C15H20N6O2/c1-4-23-14-11-5-6-16-13(11)19-15(20-14)18-12-9-17-21(10(12)2)7-8-22-3/h5-6,9H,4,7-8H2,1-3H3,(H2,16,18,19,20). The van der Waals surface area contributed by atoms with Gasteiger partial charge in [-0.25, -0.2) is 0 Å². The van der Waals surface area contributed by atoms with Crippen molar-refractivity contribution in [1.29, 1.82) is 0 Å². The summed E-state index contributed by atoms with van der Waals surface area (Å²) in [7, 11) is 1.67. The van der Waals surface area contributed by atoms with E-state index in [9.17, 15) is 0 Å². The summed E-state index contributed by atoms with van der Waals surface area (Å²) in [5.41, 5.74) is 2.58. The third-order valence-electron chi connectivity index (χ3n) is 3.52. The lowest BCUT2D eigenvalue weighted by molar-refractivity contribution is 0.183. The van der Waals surface area contributed by atoms with Gasteiger partial charge in [0, 0.05) is 13.3 Å². The molecule has 8 heteroatoms. The molecule has 0 aliphatic rings. The van der Waals surface area contributed by atoms with E-state index >= 15 is 0 Å². The summed E-state index contributed by atoms with van der Waals surface area (Å²) in [6.07, 6.45) is 3.58. The first kappa shape index (κ1) is 15.3. The average Bonchev–Trinajstić information content (AvgIpc) is 3.14. The van der Waals surface area contributed by atoms with Crippen molar-refractivity contribution >= 4 is 22.7 Å². The van der Waals surface area contributed by atoms with E-state index in [0.29, 0.717) is 31.6 Å². The van der Waals surface area contributed by atoms with Gasteiger partial charge in [-0.2, -0.15) is 15.1 Å². The SMILES string of the molecule is CCOc1nc(Nc2cnn(CCOC)c2C)nc2[nH]ccc12. The zero-order valence-electron chi connectivity index (χ0n) is 13.5. The van der Waals surface area contributed by atoms with Crippen molar-refractivity contribution in [3.8, 4) is 5.88 Å². The van der Waals surface area contributed by atoms with Crippen molar-refractivity contribution in [3.63, 3.8) is 0 Å². The molecule has 2 N–H and O–H groups in total. The van der Waals surface area contributed by atoms with E-state index < -0.39 is 0 Å². The number of hydrogen-bond acceptors (Lipinski definition) is 6. The van der Waals surface area contributed by atoms with Crippen LogP contribution in [0.15, 0.2) is 18.5 Å². The van der Waals surface area contributed by atoms with Gasteiger partial charge in [0.1, 0.15) is 5.65 Å². The van der Waals surface area contributed by atoms with Gasteiger partial charge < -0.3 is 19.8 Å². The van der Waals surface area contributed by atoms with Crippen LogP contribution in [0.3, 0.4) is 0 Å². The van der Waals surface area contributed by atoms with E-state index in [4.69, 9.17) is 9.47 Å². The minimum absolute atomic E-state index is 0.470. The summed E-state index contributed by atoms with van der Waals surface area (Å²) in [6.45, 7) is 5.77. The van der Waals surface area contributed by atoms with Gasteiger partial charge in [-0.1, -0.05) is 0 Å². The van der Waals surface area contributed by atoms with Gasteiger partial charge in [-0.05, 0) is 19.9 Å². The Kier molecular flexibility index (Phi) is 4.42. The first-order chi connectivity index (χ1) is 11.2. The number of methoxy groups -OCH3 is 1. The molecule has 23 heavy (non-hydrogen) atoms. The molecule has 3 aromatic heterocycles. The molecule has 0 unspecified atom stereocenters. The lowest BCUT2D eigenvalue weighted by atomic mass is 10.4. The second kappa shape index (κ2) is 6.66. The third kappa shape index (κ3) is 3.11. The number of fused-ring (bicyclic) bond motifs is 1. The van der Waals surface area contributed by atoms with Crippen LogP contribution < -0.4 is 10.1 Å². The Morgan fingerprint density at radius 3 is 3.00 bits per heavy atom. The second-order valence-corrected chi connectivity index (χ2v) is 5.01. The fourth-order valence-corrected chi connectivity index (χ4v) is 2.31. The maximum Gasteiger partial charge on any atom is 0.232 e. The Balaban J connectivity index is 1.88. The first-order valence-corrected chi connectivity index (χ1v) is 7.49. The van der Waals surface area contributed by atoms with Crippen molar-refractivity contribution in [1.82, 2.24) is 24.7 Å². The fraction of sp³-hybridized carbons (Fsp3) is 0.400. The van der Waals surface area contributed by atoms with E-state index in [1.54, 1.807) is 13.3 Å². The molecule has 0 saturated heterocycles. The van der Waals surface area contributed by atoms with Gasteiger partial charge in [0.2, 0.25) is 11.8 Å². The van der Waals surface area contributed by atoms with Crippen molar-refractivity contribution < 1.29 is 9.47 Å². The number of H-pyrrole nitrogens is 1. The molecule has 3 rings (SSSR count). The molecule has 8 nitrogen and oxygen atoms in total. The summed E-state index contributed by atoms with van der Waals surface area (Å²) in [5, 5.41) is 8.41. The number of hydrogen-bond donors (Lipinski definition) is 2. The molecule has 0 atom stereocenters. The number of nitrogens with zero attached hydrogens (tertiary/aromatic N) is 4. The Labute approximate surface area is 133 Å². The fourth-order valence-electron chi connectivity index (χ4n) is 2.31. The molecule has 3 aromatic rings. The van der Waals surface area contributed by atoms with E-state index in [1.807, 2.05) is 30.8 Å². The molecule has 0 fully saturated rings. The van der Waals surface area contributed by atoms with Crippen LogP contribution in [0.25, 0.3) is 11.0 Å². The first-order valence-electron chi connectivity index (χ1n) is 7.49. The Hall–Kier alpha value is -2.61. The number of aromatic nitrogens is 5. The Morgan fingerprint density at radius 1 is 1.35 bits per heavy atom. The van der Waals surface area contributed by atoms with Crippen molar-refractivity contribution in [3.05, 3.63) is 24.2 Å². The van der Waals surface area contributed by atoms with E-state index in [-0.39, 0.29) is 0 Å². The highest BCUT2D eigenvalue weighted by Crippen LogP contribution is 2.25. The molecule has 122 valence electrons. The molecule has 0 amide bonds. The average molecular weight is 316 g/mol. The summed E-state index contributed by atoms with van der Waals surface area (Å²) >= 11 is 0. The molecule has 0 radical (unpaired) electrons. The molecular weight excluding hydrogens is 296 g/mol. The molecule has 0 saturated carbocycles. The van der Waals surface area contributed by atoms with Crippen LogP contribution in [-0.2, 0) is 11.3 Å². The maximum atomic E-state index is 5.60. The van der Waals surface area contributed by atoms with Crippen LogP contribution in [0.1, 0.15) is 12.6 Å². The molecule has 3 heterocycles. The summed E-state index contributed by atoms with van der Waals surface area (Å²) in [6, 6.07) is 1.90. The smallest absolute Gasteiger partial charge is 0.232 e. The van der Waals surface area contributed by atoms with Crippen LogP contribution in [0, 0.1) is 6.92 Å². The van der Waals surface area contributed by atoms with Gasteiger partial charge in [0.05, 0.1) is 42.7 Å². The van der Waals surface area contributed by atoms with Crippen molar-refractivity contribution in [2.24, 2.45) is 0 Å². The normalized spacial score (nSPS) is 11.1. The maximum absolute atomic E-state index is 5.60. The number of aromatic amines is 1. The van der Waals surface area contributed by atoms with Crippen LogP contribution in [0.5, 0.6) is 5.88 Å². The molecular formula is C15H20N6O2. The van der Waals surface area contributed by atoms with Crippen LogP contribution in [-0.4, -0.2) is 45.1 Å². The molecule has 0 spiro atoms. The van der Waals surface area contributed by atoms with Crippen molar-refractivity contribution in [2.75, 3.05) is 25.6 Å². The second-order valence-electron chi connectivity index (χ2n) is 5.01. The van der Waals surface area contributed by atoms with Crippen LogP contribution in [0.2, 0.25) is 0 Å². The van der Waals surface area contributed by atoms with Gasteiger partial charge >= 0.3 is 0 Å². The van der Waals surface area contributed by atoms with E-state index in [1.165, 1.54) is 0 Å². The van der Waals surface area contributed by atoms with Crippen molar-refractivity contribution in [2.45, 2.75) is 20.4 Å². The number of rotatable bonds is 7. The third-order valence-corrected chi connectivity index (χ3v) is 3.52. The minimum atomic E-state index is 0.470. The predicted molar refractivity (Wildman–Crippen MR) is 87.2 cm³/mol. The lowest BCUT2D eigenvalue weighted by Gasteiger charge is -2.08. The van der Waals surface area contributed by atoms with Gasteiger partial charge in [-0.15, -0.1) is 0 Å². The summed E-state index contributed by atoms with van der Waals surface area (Å²) in [4.78, 5) is 12.0. The van der Waals surface area contributed by atoms with Gasteiger partial charge in [-0.3, -0.25) is 4.68 Å². The Morgan fingerprint density at radius 2 is 2.22 bits per heavy atom. The number of anilines is 2. The summed E-state index contributed by atoms with van der Waals surface area (Å²) < 4.78 is 12.6. The number of nitrogens with one attached hydrogen (secondary N) is 2. The minimum Gasteiger partial charge on any atom is -0.477 e. The Bertz CT molecular complexity index is 794. The molecule has 0 aliphatic carbocycles. The molecule has 0 bridgehead atoms. The van der Waals surface area contributed by atoms with E-state index in [2.05, 4.69) is 25.4 Å². The highest BCUT2D eigenvalue weighted by Gasteiger charge is 2.12. The van der Waals surface area contributed by atoms with Gasteiger partial charge in [0.15, 0.2) is 0 Å².